The van der Waals surface area contributed by atoms with Crippen molar-refractivity contribution in [1.29, 1.82) is 0 Å². The van der Waals surface area contributed by atoms with E-state index in [2.05, 4.69) is 19.8 Å². The highest BCUT2D eigenvalue weighted by atomic mass is 19.1. The van der Waals surface area contributed by atoms with E-state index in [0.717, 1.165) is 73.9 Å². The monoisotopic (exact) mass is 461 g/mol. The number of rotatable bonds is 6. The summed E-state index contributed by atoms with van der Waals surface area (Å²) in [5.41, 5.74) is 3.68. The minimum Gasteiger partial charge on any atom is -0.347 e. The van der Waals surface area contributed by atoms with Crippen LogP contribution in [0.2, 0.25) is 0 Å². The minimum atomic E-state index is -0.254. The van der Waals surface area contributed by atoms with Crippen molar-refractivity contribution in [3.8, 4) is 11.1 Å². The highest BCUT2D eigenvalue weighted by Crippen LogP contribution is 2.37. The summed E-state index contributed by atoms with van der Waals surface area (Å²) in [6.45, 7) is 3.76. The van der Waals surface area contributed by atoms with E-state index in [0.29, 0.717) is 5.95 Å². The van der Waals surface area contributed by atoms with E-state index in [9.17, 15) is 4.39 Å². The Kier molecular flexibility index (Phi) is 6.67. The zero-order valence-electron chi connectivity index (χ0n) is 20.0. The lowest BCUT2D eigenvalue weighted by Gasteiger charge is -2.36. The van der Waals surface area contributed by atoms with Crippen LogP contribution in [0.1, 0.15) is 49.5 Å². The first-order chi connectivity index (χ1) is 16.6. The summed E-state index contributed by atoms with van der Waals surface area (Å²) < 4.78 is 14.1. The van der Waals surface area contributed by atoms with Gasteiger partial charge < -0.3 is 9.80 Å². The molecule has 0 radical (unpaired) electrons. The summed E-state index contributed by atoms with van der Waals surface area (Å²) in [5, 5.41) is 0. The first kappa shape index (κ1) is 22.7. The summed E-state index contributed by atoms with van der Waals surface area (Å²) in [5.74, 6) is 1.25. The molecule has 2 fully saturated rings. The third-order valence-corrected chi connectivity index (χ3v) is 6.72. The second-order valence-corrected chi connectivity index (χ2v) is 9.40. The van der Waals surface area contributed by atoms with Crippen LogP contribution in [0.15, 0.2) is 42.7 Å². The molecule has 2 aliphatic heterocycles. The van der Waals surface area contributed by atoms with E-state index in [4.69, 9.17) is 9.97 Å². The molecule has 0 amide bonds. The number of likely N-dealkylation sites (tertiary alicyclic amines) is 1. The smallest absolute Gasteiger partial charge is 0.225 e. The van der Waals surface area contributed by atoms with E-state index in [1.54, 1.807) is 12.1 Å². The Bertz CT molecular complexity index is 1130. The van der Waals surface area contributed by atoms with Crippen molar-refractivity contribution in [3.05, 3.63) is 59.9 Å². The number of aromatic nitrogens is 4. The van der Waals surface area contributed by atoms with E-state index in [-0.39, 0.29) is 11.9 Å². The van der Waals surface area contributed by atoms with Gasteiger partial charge in [-0.3, -0.25) is 4.90 Å². The van der Waals surface area contributed by atoms with E-state index in [1.165, 1.54) is 18.9 Å². The number of halogens is 1. The molecule has 1 aromatic carbocycles. The molecular weight excluding hydrogens is 429 g/mol. The number of benzene rings is 1. The van der Waals surface area contributed by atoms with Gasteiger partial charge in [-0.15, -0.1) is 0 Å². The molecule has 2 aromatic heterocycles. The lowest BCUT2D eigenvalue weighted by molar-refractivity contribution is 0.136. The van der Waals surface area contributed by atoms with Gasteiger partial charge in [0, 0.05) is 51.7 Å². The summed E-state index contributed by atoms with van der Waals surface area (Å²) in [4.78, 5) is 25.6. The highest BCUT2D eigenvalue weighted by molar-refractivity contribution is 5.66. The standard InChI is InChI=1S/C26H32FN7/c1-32(2)25-29-17-22(19-8-7-9-20(27)16-19)24(31-25)23-10-3-4-15-34(23)18-21-11-12-28-26(30-21)33-13-5-6-14-33/h7-9,11-12,16-17,23H,3-6,10,13-15,18H2,1-2H3/t23-/m1/s1. The molecule has 5 rings (SSSR count). The molecule has 8 heteroatoms. The van der Waals surface area contributed by atoms with Crippen molar-refractivity contribution in [3.63, 3.8) is 0 Å². The molecule has 0 N–H and O–H groups in total. The zero-order valence-corrected chi connectivity index (χ0v) is 20.0. The van der Waals surface area contributed by atoms with Crippen LogP contribution in [0.3, 0.4) is 0 Å². The van der Waals surface area contributed by atoms with Crippen LogP contribution in [0.25, 0.3) is 11.1 Å². The normalized spacial score (nSPS) is 18.9. The van der Waals surface area contributed by atoms with Crippen LogP contribution in [0.5, 0.6) is 0 Å². The summed E-state index contributed by atoms with van der Waals surface area (Å²) in [6.07, 6.45) is 9.39. The van der Waals surface area contributed by atoms with Crippen molar-refractivity contribution < 1.29 is 4.39 Å². The molecule has 0 aliphatic carbocycles. The topological polar surface area (TPSA) is 61.3 Å². The van der Waals surface area contributed by atoms with Gasteiger partial charge in [0.15, 0.2) is 0 Å². The molecule has 2 saturated heterocycles. The molecule has 0 unspecified atom stereocenters. The predicted molar refractivity (Wildman–Crippen MR) is 132 cm³/mol. The zero-order chi connectivity index (χ0) is 23.5. The first-order valence-corrected chi connectivity index (χ1v) is 12.2. The van der Waals surface area contributed by atoms with Crippen LogP contribution in [-0.2, 0) is 6.54 Å². The van der Waals surface area contributed by atoms with Crippen LogP contribution in [0.4, 0.5) is 16.3 Å². The van der Waals surface area contributed by atoms with Crippen LogP contribution in [0, 0.1) is 5.82 Å². The third-order valence-electron chi connectivity index (χ3n) is 6.72. The molecule has 7 nitrogen and oxygen atoms in total. The van der Waals surface area contributed by atoms with Crippen LogP contribution < -0.4 is 9.80 Å². The number of nitrogens with zero attached hydrogens (tertiary/aromatic N) is 7. The van der Waals surface area contributed by atoms with E-state index in [1.807, 2.05) is 43.5 Å². The lowest BCUT2D eigenvalue weighted by Crippen LogP contribution is -2.34. The van der Waals surface area contributed by atoms with Gasteiger partial charge in [0.2, 0.25) is 11.9 Å². The van der Waals surface area contributed by atoms with E-state index >= 15 is 0 Å². The third kappa shape index (κ3) is 4.87. The van der Waals surface area contributed by atoms with Crippen LogP contribution >= 0.6 is 0 Å². The summed E-state index contributed by atoms with van der Waals surface area (Å²) in [6, 6.07) is 8.84. The Morgan fingerprint density at radius 3 is 2.62 bits per heavy atom. The molecule has 0 bridgehead atoms. The maximum Gasteiger partial charge on any atom is 0.225 e. The molecule has 3 aromatic rings. The highest BCUT2D eigenvalue weighted by Gasteiger charge is 2.29. The molecular formula is C26H32FN7. The van der Waals surface area contributed by atoms with Gasteiger partial charge in [-0.25, -0.2) is 24.3 Å². The van der Waals surface area contributed by atoms with Gasteiger partial charge in [0.05, 0.1) is 17.4 Å². The number of piperidine rings is 1. The average molecular weight is 462 g/mol. The SMILES string of the molecule is CN(C)c1ncc(-c2cccc(F)c2)c([C@H]2CCCCN2Cc2ccnc(N3CCCC3)n2)n1. The summed E-state index contributed by atoms with van der Waals surface area (Å²) in [7, 11) is 3.89. The average Bonchev–Trinajstić information content (AvgIpc) is 3.39. The second kappa shape index (κ2) is 10.0. The number of hydrogen-bond donors (Lipinski definition) is 0. The van der Waals surface area contributed by atoms with Gasteiger partial charge in [-0.05, 0) is 56.0 Å². The molecule has 178 valence electrons. The van der Waals surface area contributed by atoms with Gasteiger partial charge in [0.25, 0.3) is 0 Å². The van der Waals surface area contributed by atoms with Gasteiger partial charge in [-0.1, -0.05) is 18.6 Å². The molecule has 2 aliphatic rings. The van der Waals surface area contributed by atoms with Crippen molar-refractivity contribution in [2.45, 2.75) is 44.7 Å². The molecule has 1 atom stereocenters. The maximum atomic E-state index is 14.1. The van der Waals surface area contributed by atoms with Crippen molar-refractivity contribution in [2.75, 3.05) is 43.5 Å². The Morgan fingerprint density at radius 1 is 1.00 bits per heavy atom. The Balaban J connectivity index is 1.49. The van der Waals surface area contributed by atoms with Crippen molar-refractivity contribution in [1.82, 2.24) is 24.8 Å². The Morgan fingerprint density at radius 2 is 1.82 bits per heavy atom. The first-order valence-electron chi connectivity index (χ1n) is 12.2. The fraction of sp³-hybridized carbons (Fsp3) is 0.462. The Hall–Kier alpha value is -3.13. The summed E-state index contributed by atoms with van der Waals surface area (Å²) >= 11 is 0. The molecule has 4 heterocycles. The van der Waals surface area contributed by atoms with E-state index < -0.39 is 0 Å². The largest absolute Gasteiger partial charge is 0.347 e. The quantitative estimate of drug-likeness (QED) is 0.537. The van der Waals surface area contributed by atoms with Gasteiger partial charge in [0.1, 0.15) is 5.82 Å². The molecule has 34 heavy (non-hydrogen) atoms. The molecule has 0 spiro atoms. The fourth-order valence-electron chi connectivity index (χ4n) is 4.97. The van der Waals surface area contributed by atoms with Crippen LogP contribution in [-0.4, -0.2) is 58.6 Å². The Labute approximate surface area is 200 Å². The van der Waals surface area contributed by atoms with Gasteiger partial charge >= 0.3 is 0 Å². The predicted octanol–water partition coefficient (Wildman–Crippen LogP) is 4.47. The van der Waals surface area contributed by atoms with Crippen molar-refractivity contribution >= 4 is 11.9 Å². The molecule has 0 saturated carbocycles. The minimum absolute atomic E-state index is 0.110. The van der Waals surface area contributed by atoms with Gasteiger partial charge in [-0.2, -0.15) is 0 Å². The second-order valence-electron chi connectivity index (χ2n) is 9.40. The van der Waals surface area contributed by atoms with Crippen molar-refractivity contribution in [2.24, 2.45) is 0 Å². The fourth-order valence-corrected chi connectivity index (χ4v) is 4.97. The number of hydrogen-bond acceptors (Lipinski definition) is 7. The lowest BCUT2D eigenvalue weighted by atomic mass is 9.93. The maximum absolute atomic E-state index is 14.1. The number of anilines is 2.